The SMILES string of the molecule is C[C@@H]1CN(c2ccc(NC(=O)c3[nH]ncc3[N+](=O)[O-])cc2)CCO1. The van der Waals surface area contributed by atoms with Crippen molar-refractivity contribution in [2.75, 3.05) is 29.9 Å². The molecule has 1 aromatic heterocycles. The van der Waals surface area contributed by atoms with Crippen LogP contribution in [0, 0.1) is 10.1 Å². The summed E-state index contributed by atoms with van der Waals surface area (Å²) < 4.78 is 5.51. The van der Waals surface area contributed by atoms with Gasteiger partial charge in [-0.25, -0.2) is 0 Å². The van der Waals surface area contributed by atoms with Crippen LogP contribution in [-0.4, -0.2) is 46.8 Å². The lowest BCUT2D eigenvalue weighted by Gasteiger charge is -2.33. The number of aromatic amines is 1. The highest BCUT2D eigenvalue weighted by Crippen LogP contribution is 2.22. The minimum Gasteiger partial charge on any atom is -0.375 e. The molecular weight excluding hydrogens is 314 g/mol. The van der Waals surface area contributed by atoms with E-state index >= 15 is 0 Å². The Morgan fingerprint density at radius 3 is 2.88 bits per heavy atom. The zero-order chi connectivity index (χ0) is 17.1. The highest BCUT2D eigenvalue weighted by Gasteiger charge is 2.23. The number of aromatic nitrogens is 2. The van der Waals surface area contributed by atoms with Gasteiger partial charge in [-0.15, -0.1) is 0 Å². The Morgan fingerprint density at radius 2 is 2.21 bits per heavy atom. The van der Waals surface area contributed by atoms with Crippen molar-refractivity contribution in [2.45, 2.75) is 13.0 Å². The summed E-state index contributed by atoms with van der Waals surface area (Å²) >= 11 is 0. The van der Waals surface area contributed by atoms with E-state index in [0.717, 1.165) is 25.0 Å². The maximum atomic E-state index is 12.1. The number of morpholine rings is 1. The first-order valence-electron chi connectivity index (χ1n) is 7.50. The Balaban J connectivity index is 1.69. The lowest BCUT2D eigenvalue weighted by Crippen LogP contribution is -2.41. The molecule has 3 rings (SSSR count). The van der Waals surface area contributed by atoms with Gasteiger partial charge in [0, 0.05) is 24.5 Å². The van der Waals surface area contributed by atoms with Crippen LogP contribution in [0.15, 0.2) is 30.5 Å². The third-order valence-corrected chi connectivity index (χ3v) is 3.77. The average Bonchev–Trinajstić information content (AvgIpc) is 3.05. The topological polar surface area (TPSA) is 113 Å². The number of ether oxygens (including phenoxy) is 1. The van der Waals surface area contributed by atoms with Gasteiger partial charge in [0.05, 0.1) is 17.6 Å². The molecule has 0 aliphatic carbocycles. The van der Waals surface area contributed by atoms with Crippen molar-refractivity contribution in [3.63, 3.8) is 0 Å². The van der Waals surface area contributed by atoms with E-state index in [0.29, 0.717) is 12.3 Å². The summed E-state index contributed by atoms with van der Waals surface area (Å²) in [4.78, 5) is 24.5. The molecule has 2 heterocycles. The average molecular weight is 331 g/mol. The van der Waals surface area contributed by atoms with Crippen LogP contribution >= 0.6 is 0 Å². The van der Waals surface area contributed by atoms with Gasteiger partial charge in [-0.1, -0.05) is 0 Å². The lowest BCUT2D eigenvalue weighted by molar-refractivity contribution is -0.385. The van der Waals surface area contributed by atoms with E-state index in [1.807, 2.05) is 19.1 Å². The van der Waals surface area contributed by atoms with Gasteiger partial charge < -0.3 is 15.0 Å². The van der Waals surface area contributed by atoms with E-state index in [4.69, 9.17) is 4.74 Å². The van der Waals surface area contributed by atoms with E-state index in [1.165, 1.54) is 0 Å². The Bertz CT molecular complexity index is 743. The van der Waals surface area contributed by atoms with Crippen molar-refractivity contribution in [3.8, 4) is 0 Å². The fraction of sp³-hybridized carbons (Fsp3) is 0.333. The van der Waals surface area contributed by atoms with Gasteiger partial charge in [0.2, 0.25) is 5.69 Å². The number of hydrogen-bond donors (Lipinski definition) is 2. The summed E-state index contributed by atoms with van der Waals surface area (Å²) in [5.41, 5.74) is 1.06. The van der Waals surface area contributed by atoms with Crippen LogP contribution in [-0.2, 0) is 4.74 Å². The molecule has 9 heteroatoms. The van der Waals surface area contributed by atoms with Crippen LogP contribution in [0.4, 0.5) is 17.1 Å². The third kappa shape index (κ3) is 3.35. The molecule has 2 aromatic rings. The quantitative estimate of drug-likeness (QED) is 0.652. The molecule has 126 valence electrons. The first-order chi connectivity index (χ1) is 11.5. The van der Waals surface area contributed by atoms with Gasteiger partial charge in [0.25, 0.3) is 5.91 Å². The molecule has 0 spiro atoms. The smallest absolute Gasteiger partial charge is 0.319 e. The molecule has 2 N–H and O–H groups in total. The Kier molecular flexibility index (Phi) is 4.43. The molecule has 1 aliphatic rings. The van der Waals surface area contributed by atoms with Crippen LogP contribution in [0.25, 0.3) is 0 Å². The highest BCUT2D eigenvalue weighted by molar-refractivity contribution is 6.05. The summed E-state index contributed by atoms with van der Waals surface area (Å²) in [7, 11) is 0. The number of rotatable bonds is 4. The molecule has 0 saturated carbocycles. The lowest BCUT2D eigenvalue weighted by atomic mass is 10.2. The minimum absolute atomic E-state index is 0.175. The van der Waals surface area contributed by atoms with Gasteiger partial charge >= 0.3 is 5.69 Å². The number of carbonyl (C=O) groups is 1. The maximum Gasteiger partial charge on any atom is 0.319 e. The van der Waals surface area contributed by atoms with Crippen LogP contribution in [0.5, 0.6) is 0 Å². The summed E-state index contributed by atoms with van der Waals surface area (Å²) in [5.74, 6) is -0.605. The number of H-pyrrole nitrogens is 1. The van der Waals surface area contributed by atoms with Gasteiger partial charge in [-0.05, 0) is 31.2 Å². The zero-order valence-corrected chi connectivity index (χ0v) is 13.1. The van der Waals surface area contributed by atoms with Crippen molar-refractivity contribution in [1.82, 2.24) is 10.2 Å². The Hall–Kier alpha value is -2.94. The molecule has 0 bridgehead atoms. The third-order valence-electron chi connectivity index (χ3n) is 3.77. The number of amides is 1. The predicted octanol–water partition coefficient (Wildman–Crippen LogP) is 1.80. The first-order valence-corrected chi connectivity index (χ1v) is 7.50. The summed E-state index contributed by atoms with van der Waals surface area (Å²) in [6.07, 6.45) is 1.19. The molecule has 24 heavy (non-hydrogen) atoms. The molecular formula is C15H17N5O4. The number of nitrogens with zero attached hydrogens (tertiary/aromatic N) is 3. The highest BCUT2D eigenvalue weighted by atomic mass is 16.6. The monoisotopic (exact) mass is 331 g/mol. The summed E-state index contributed by atoms with van der Waals surface area (Å²) in [6, 6.07) is 7.31. The fourth-order valence-corrected chi connectivity index (χ4v) is 2.59. The van der Waals surface area contributed by atoms with Crippen molar-refractivity contribution in [3.05, 3.63) is 46.3 Å². The Labute approximate surface area is 137 Å². The van der Waals surface area contributed by atoms with Crippen LogP contribution in [0.2, 0.25) is 0 Å². The number of anilines is 2. The number of nitrogens with one attached hydrogen (secondary N) is 2. The summed E-state index contributed by atoms with van der Waals surface area (Å²) in [5, 5.41) is 19.3. The first kappa shape index (κ1) is 15.9. The molecule has 1 aliphatic heterocycles. The molecule has 0 unspecified atom stereocenters. The minimum atomic E-state index is -0.652. The molecule has 1 amide bonds. The van der Waals surface area contributed by atoms with Gasteiger partial charge in [0.15, 0.2) is 0 Å². The van der Waals surface area contributed by atoms with E-state index in [-0.39, 0.29) is 17.5 Å². The molecule has 1 saturated heterocycles. The van der Waals surface area contributed by atoms with Crippen LogP contribution in [0.3, 0.4) is 0 Å². The van der Waals surface area contributed by atoms with E-state index in [1.54, 1.807) is 12.1 Å². The maximum absolute atomic E-state index is 12.1. The number of hydrogen-bond acceptors (Lipinski definition) is 6. The van der Waals surface area contributed by atoms with Gasteiger partial charge in [0.1, 0.15) is 6.20 Å². The molecule has 1 fully saturated rings. The number of carbonyl (C=O) groups excluding carboxylic acids is 1. The van der Waals surface area contributed by atoms with E-state index in [9.17, 15) is 14.9 Å². The molecule has 1 aromatic carbocycles. The molecule has 9 nitrogen and oxygen atoms in total. The van der Waals surface area contributed by atoms with Crippen molar-refractivity contribution < 1.29 is 14.5 Å². The fourth-order valence-electron chi connectivity index (χ4n) is 2.59. The summed E-state index contributed by atoms with van der Waals surface area (Å²) in [6.45, 7) is 4.34. The van der Waals surface area contributed by atoms with Crippen LogP contribution < -0.4 is 10.2 Å². The number of benzene rings is 1. The van der Waals surface area contributed by atoms with Gasteiger partial charge in [-0.3, -0.25) is 20.0 Å². The molecule has 0 radical (unpaired) electrons. The second-order valence-electron chi connectivity index (χ2n) is 5.52. The standard InChI is InChI=1S/C15H17N5O4/c1-10-9-19(6-7-24-10)12-4-2-11(3-5-12)17-15(21)14-13(20(22)23)8-16-18-14/h2-5,8,10H,6-7,9H2,1H3,(H,16,18)(H,17,21)/t10-/m1/s1. The number of nitro groups is 1. The normalized spacial score (nSPS) is 17.5. The second kappa shape index (κ2) is 6.67. The largest absolute Gasteiger partial charge is 0.375 e. The zero-order valence-electron chi connectivity index (χ0n) is 13.1. The second-order valence-corrected chi connectivity index (χ2v) is 5.52. The van der Waals surface area contributed by atoms with E-state index in [2.05, 4.69) is 20.4 Å². The van der Waals surface area contributed by atoms with Crippen molar-refractivity contribution in [2.24, 2.45) is 0 Å². The Morgan fingerprint density at radius 1 is 1.46 bits per heavy atom. The van der Waals surface area contributed by atoms with E-state index < -0.39 is 10.8 Å². The van der Waals surface area contributed by atoms with Gasteiger partial charge in [-0.2, -0.15) is 5.10 Å². The van der Waals surface area contributed by atoms with Crippen molar-refractivity contribution >= 4 is 23.0 Å². The molecule has 1 atom stereocenters. The van der Waals surface area contributed by atoms with Crippen LogP contribution in [0.1, 0.15) is 17.4 Å². The van der Waals surface area contributed by atoms with Crippen molar-refractivity contribution in [1.29, 1.82) is 0 Å². The predicted molar refractivity (Wildman–Crippen MR) is 87.3 cm³/mol.